The van der Waals surface area contributed by atoms with Crippen LogP contribution >= 0.6 is 23.1 Å². The first-order valence-electron chi connectivity index (χ1n) is 9.97. The smallest absolute Gasteiger partial charge is 0.128 e. The normalized spacial score (nSPS) is 18.7. The third-order valence-electron chi connectivity index (χ3n) is 5.94. The molecule has 5 heteroatoms. The number of thioether (sulfide) groups is 1. The number of likely N-dealkylation sites (tertiary alicyclic amines) is 1. The van der Waals surface area contributed by atoms with E-state index in [0.717, 1.165) is 4.83 Å². The summed E-state index contributed by atoms with van der Waals surface area (Å²) in [5.41, 5.74) is 5.74. The fourth-order valence-corrected chi connectivity index (χ4v) is 6.49. The highest BCUT2D eigenvalue weighted by atomic mass is 32.2. The molecular formula is C22H25N3S2. The molecule has 3 heterocycles. The second-order valence-electron chi connectivity index (χ2n) is 7.82. The summed E-state index contributed by atoms with van der Waals surface area (Å²) in [6, 6.07) is 7.08. The zero-order chi connectivity index (χ0) is 18.2. The minimum absolute atomic E-state index is 0.663. The lowest BCUT2D eigenvalue weighted by Gasteiger charge is -2.28. The fraction of sp³-hybridized carbons (Fsp3) is 0.455. The number of hydrogen-bond acceptors (Lipinski definition) is 5. The molecule has 0 spiro atoms. The van der Waals surface area contributed by atoms with Crippen LogP contribution in [-0.2, 0) is 12.8 Å². The number of fused-ring (bicyclic) bond motifs is 2. The molecule has 0 radical (unpaired) electrons. The molecule has 0 bridgehead atoms. The van der Waals surface area contributed by atoms with Crippen molar-refractivity contribution < 1.29 is 0 Å². The summed E-state index contributed by atoms with van der Waals surface area (Å²) in [6.07, 6.45) is 9.34. The Morgan fingerprint density at radius 1 is 1.07 bits per heavy atom. The van der Waals surface area contributed by atoms with Gasteiger partial charge in [0.15, 0.2) is 0 Å². The van der Waals surface area contributed by atoms with Crippen LogP contribution < -0.4 is 0 Å². The van der Waals surface area contributed by atoms with Gasteiger partial charge in [-0.2, -0.15) is 0 Å². The molecule has 0 atom stereocenters. The molecule has 1 fully saturated rings. The number of hydrogen-bond donors (Lipinski definition) is 0. The Labute approximate surface area is 169 Å². The van der Waals surface area contributed by atoms with Crippen LogP contribution in [-0.4, -0.2) is 40.3 Å². The second kappa shape index (κ2) is 7.53. The number of nitrogens with zero attached hydrogens (tertiary/aromatic N) is 3. The Balaban J connectivity index is 1.52. The number of aryl methyl sites for hydroxylation is 2. The average Bonchev–Trinajstić information content (AvgIpc) is 3.15. The van der Waals surface area contributed by atoms with Crippen LogP contribution in [0.5, 0.6) is 0 Å². The van der Waals surface area contributed by atoms with Gasteiger partial charge in [0, 0.05) is 16.2 Å². The standard InChI is InChI=1S/C22H25N3S2/c1-25-10-8-18(9-11-25)27-22-20-19(13-26-21(20)23-14-24-22)17-7-6-15-4-2-3-5-16(15)12-17/h6-7,12-14,18H,2-5,8-11H2,1H3. The van der Waals surface area contributed by atoms with Crippen molar-refractivity contribution in [2.75, 3.05) is 20.1 Å². The van der Waals surface area contributed by atoms with Crippen molar-refractivity contribution in [1.82, 2.24) is 14.9 Å². The van der Waals surface area contributed by atoms with Gasteiger partial charge in [-0.3, -0.25) is 0 Å². The minimum Gasteiger partial charge on any atom is -0.306 e. The van der Waals surface area contributed by atoms with Crippen LogP contribution in [0.15, 0.2) is 34.9 Å². The lowest BCUT2D eigenvalue weighted by molar-refractivity contribution is 0.282. The van der Waals surface area contributed by atoms with Gasteiger partial charge in [-0.25, -0.2) is 9.97 Å². The summed E-state index contributed by atoms with van der Waals surface area (Å²) in [4.78, 5) is 12.8. The van der Waals surface area contributed by atoms with Crippen molar-refractivity contribution in [1.29, 1.82) is 0 Å². The predicted octanol–water partition coefficient (Wildman–Crippen LogP) is 5.42. The lowest BCUT2D eigenvalue weighted by atomic mass is 9.89. The van der Waals surface area contributed by atoms with E-state index in [1.807, 2.05) is 11.8 Å². The summed E-state index contributed by atoms with van der Waals surface area (Å²) in [6.45, 7) is 2.38. The zero-order valence-corrected chi connectivity index (χ0v) is 17.4. The van der Waals surface area contributed by atoms with E-state index in [2.05, 4.69) is 40.5 Å². The Hall–Kier alpha value is -1.43. The molecule has 2 aromatic heterocycles. The molecule has 2 aliphatic rings. The third kappa shape index (κ3) is 3.53. The van der Waals surface area contributed by atoms with Crippen LogP contribution in [0.2, 0.25) is 0 Å². The maximum Gasteiger partial charge on any atom is 0.128 e. The Bertz CT molecular complexity index is 957. The molecule has 1 aliphatic heterocycles. The highest BCUT2D eigenvalue weighted by molar-refractivity contribution is 8.00. The van der Waals surface area contributed by atoms with E-state index in [-0.39, 0.29) is 0 Å². The third-order valence-corrected chi connectivity index (χ3v) is 8.16. The van der Waals surface area contributed by atoms with Gasteiger partial charge < -0.3 is 4.90 Å². The van der Waals surface area contributed by atoms with Gasteiger partial charge in [-0.05, 0) is 75.4 Å². The van der Waals surface area contributed by atoms with Gasteiger partial charge in [0.2, 0.25) is 0 Å². The first kappa shape index (κ1) is 17.7. The Morgan fingerprint density at radius 3 is 2.74 bits per heavy atom. The molecule has 0 unspecified atom stereocenters. The van der Waals surface area contributed by atoms with Crippen molar-refractivity contribution in [3.8, 4) is 11.1 Å². The van der Waals surface area contributed by atoms with Crippen molar-refractivity contribution in [2.24, 2.45) is 0 Å². The van der Waals surface area contributed by atoms with Crippen LogP contribution in [0.1, 0.15) is 36.8 Å². The maximum absolute atomic E-state index is 4.71. The fourth-order valence-electron chi connectivity index (χ4n) is 4.31. The number of piperidine rings is 1. The molecule has 3 nitrogen and oxygen atoms in total. The van der Waals surface area contributed by atoms with Crippen LogP contribution in [0, 0.1) is 0 Å². The van der Waals surface area contributed by atoms with E-state index < -0.39 is 0 Å². The van der Waals surface area contributed by atoms with E-state index in [1.165, 1.54) is 73.2 Å². The largest absolute Gasteiger partial charge is 0.306 e. The van der Waals surface area contributed by atoms with Gasteiger partial charge in [0.05, 0.1) is 5.39 Å². The minimum atomic E-state index is 0.663. The molecule has 0 saturated carbocycles. The Morgan fingerprint density at radius 2 is 1.89 bits per heavy atom. The van der Waals surface area contributed by atoms with E-state index in [9.17, 15) is 0 Å². The molecule has 0 N–H and O–H groups in total. The lowest BCUT2D eigenvalue weighted by Crippen LogP contribution is -2.31. The summed E-state index contributed by atoms with van der Waals surface area (Å²) in [5, 5.41) is 5.38. The molecule has 140 valence electrons. The van der Waals surface area contributed by atoms with E-state index in [0.29, 0.717) is 5.25 Å². The number of benzene rings is 1. The molecule has 1 saturated heterocycles. The summed E-state index contributed by atoms with van der Waals surface area (Å²) in [7, 11) is 2.22. The number of aromatic nitrogens is 2. The maximum atomic E-state index is 4.71. The van der Waals surface area contributed by atoms with Crippen LogP contribution in [0.4, 0.5) is 0 Å². The van der Waals surface area contributed by atoms with E-state index >= 15 is 0 Å². The van der Waals surface area contributed by atoms with Crippen molar-refractivity contribution in [3.63, 3.8) is 0 Å². The first-order chi connectivity index (χ1) is 13.3. The monoisotopic (exact) mass is 395 g/mol. The molecule has 5 rings (SSSR count). The topological polar surface area (TPSA) is 29.0 Å². The predicted molar refractivity (Wildman–Crippen MR) is 116 cm³/mol. The highest BCUT2D eigenvalue weighted by Crippen LogP contribution is 2.41. The molecule has 3 aromatic rings. The van der Waals surface area contributed by atoms with E-state index in [1.54, 1.807) is 28.8 Å². The molecule has 27 heavy (non-hydrogen) atoms. The number of rotatable bonds is 3. The van der Waals surface area contributed by atoms with Gasteiger partial charge in [-0.15, -0.1) is 23.1 Å². The van der Waals surface area contributed by atoms with E-state index in [4.69, 9.17) is 4.98 Å². The quantitative estimate of drug-likeness (QED) is 0.554. The SMILES string of the molecule is CN1CCC(Sc2ncnc3scc(-c4ccc5c(c4)CCCC5)c23)CC1. The highest BCUT2D eigenvalue weighted by Gasteiger charge is 2.21. The number of thiophene rings is 1. The second-order valence-corrected chi connectivity index (χ2v) is 9.97. The van der Waals surface area contributed by atoms with Crippen molar-refractivity contribution in [2.45, 2.75) is 48.8 Å². The van der Waals surface area contributed by atoms with Gasteiger partial charge in [0.1, 0.15) is 16.2 Å². The average molecular weight is 396 g/mol. The summed E-state index contributed by atoms with van der Waals surface area (Å²) in [5.74, 6) is 0. The molecule has 0 amide bonds. The first-order valence-corrected chi connectivity index (χ1v) is 11.7. The van der Waals surface area contributed by atoms with Crippen LogP contribution in [0.3, 0.4) is 0 Å². The molecular weight excluding hydrogens is 370 g/mol. The zero-order valence-electron chi connectivity index (χ0n) is 15.8. The van der Waals surface area contributed by atoms with Gasteiger partial charge in [0.25, 0.3) is 0 Å². The summed E-state index contributed by atoms with van der Waals surface area (Å²) < 4.78 is 0. The molecule has 1 aromatic carbocycles. The van der Waals surface area contributed by atoms with Gasteiger partial charge in [-0.1, -0.05) is 18.2 Å². The van der Waals surface area contributed by atoms with Crippen molar-refractivity contribution in [3.05, 3.63) is 41.0 Å². The Kier molecular flexibility index (Phi) is 4.92. The van der Waals surface area contributed by atoms with Gasteiger partial charge >= 0.3 is 0 Å². The summed E-state index contributed by atoms with van der Waals surface area (Å²) >= 11 is 3.72. The van der Waals surface area contributed by atoms with Crippen LogP contribution in [0.25, 0.3) is 21.3 Å². The van der Waals surface area contributed by atoms with Crippen molar-refractivity contribution >= 4 is 33.3 Å². The molecule has 1 aliphatic carbocycles.